The van der Waals surface area contributed by atoms with Crippen molar-refractivity contribution in [2.45, 2.75) is 25.5 Å². The normalized spacial score (nSPS) is 14.1. The molecule has 3 heterocycles. The Hall–Kier alpha value is -3.07. The lowest BCUT2D eigenvalue weighted by atomic mass is 10.1. The van der Waals surface area contributed by atoms with E-state index < -0.39 is 0 Å². The molecule has 3 aromatic rings. The molecule has 0 N–H and O–H groups in total. The van der Waals surface area contributed by atoms with Crippen molar-refractivity contribution in [3.8, 4) is 11.4 Å². The van der Waals surface area contributed by atoms with Crippen LogP contribution in [0.3, 0.4) is 0 Å². The summed E-state index contributed by atoms with van der Waals surface area (Å²) in [5.41, 5.74) is 2.18. The molecule has 0 spiro atoms. The molecule has 1 saturated heterocycles. The molecule has 1 fully saturated rings. The third-order valence-corrected chi connectivity index (χ3v) is 6.24. The summed E-state index contributed by atoms with van der Waals surface area (Å²) < 4.78 is 7.22. The number of aromatic nitrogens is 3. The molecule has 0 unspecified atom stereocenters. The molecular weight excluding hydrogens is 414 g/mol. The Labute approximate surface area is 185 Å². The van der Waals surface area contributed by atoms with Crippen LogP contribution in [0.4, 0.5) is 0 Å². The van der Waals surface area contributed by atoms with Crippen molar-refractivity contribution in [3.05, 3.63) is 54.0 Å². The third-order valence-electron chi connectivity index (χ3n) is 5.29. The van der Waals surface area contributed by atoms with Gasteiger partial charge in [-0.2, -0.15) is 0 Å². The first kappa shape index (κ1) is 21.2. The predicted molar refractivity (Wildman–Crippen MR) is 118 cm³/mol. The van der Waals surface area contributed by atoms with Gasteiger partial charge < -0.3 is 18.8 Å². The highest BCUT2D eigenvalue weighted by Crippen LogP contribution is 2.25. The van der Waals surface area contributed by atoms with Gasteiger partial charge >= 0.3 is 0 Å². The third kappa shape index (κ3) is 4.66. The van der Waals surface area contributed by atoms with Gasteiger partial charge in [-0.3, -0.25) is 9.59 Å². The van der Waals surface area contributed by atoms with Crippen molar-refractivity contribution in [1.82, 2.24) is 24.6 Å². The van der Waals surface area contributed by atoms with Gasteiger partial charge in [0.2, 0.25) is 5.91 Å². The maximum Gasteiger partial charge on any atom is 0.289 e. The Kier molecular flexibility index (Phi) is 6.41. The number of furan rings is 1. The zero-order valence-corrected chi connectivity index (χ0v) is 18.5. The highest BCUT2D eigenvalue weighted by Gasteiger charge is 2.26. The van der Waals surface area contributed by atoms with Gasteiger partial charge in [0.05, 0.1) is 12.0 Å². The summed E-state index contributed by atoms with van der Waals surface area (Å²) in [7, 11) is 0. The number of thioether (sulfide) groups is 1. The molecule has 2 aromatic heterocycles. The largest absolute Gasteiger partial charge is 0.459 e. The lowest BCUT2D eigenvalue weighted by Gasteiger charge is -2.34. The van der Waals surface area contributed by atoms with Crippen molar-refractivity contribution in [2.24, 2.45) is 0 Å². The first-order chi connectivity index (χ1) is 15.1. The van der Waals surface area contributed by atoms with Crippen LogP contribution in [0.25, 0.3) is 11.4 Å². The van der Waals surface area contributed by atoms with Crippen molar-refractivity contribution in [2.75, 3.05) is 31.9 Å². The van der Waals surface area contributed by atoms with Crippen LogP contribution in [0.5, 0.6) is 0 Å². The van der Waals surface area contributed by atoms with Crippen LogP contribution in [0, 0.1) is 6.92 Å². The van der Waals surface area contributed by atoms with Gasteiger partial charge in [-0.1, -0.05) is 35.5 Å². The molecule has 1 aliphatic heterocycles. The maximum atomic E-state index is 12.7. The van der Waals surface area contributed by atoms with E-state index in [9.17, 15) is 9.59 Å². The minimum atomic E-state index is -0.133. The number of hydrogen-bond donors (Lipinski definition) is 0. The van der Waals surface area contributed by atoms with E-state index in [-0.39, 0.29) is 17.6 Å². The van der Waals surface area contributed by atoms with E-state index in [4.69, 9.17) is 4.42 Å². The van der Waals surface area contributed by atoms with Crippen molar-refractivity contribution < 1.29 is 14.0 Å². The molecule has 8 nitrogen and oxygen atoms in total. The first-order valence-electron chi connectivity index (χ1n) is 10.3. The topological polar surface area (TPSA) is 84.5 Å². The second-order valence-corrected chi connectivity index (χ2v) is 8.30. The number of aryl methyl sites for hydroxylation is 1. The molecule has 0 atom stereocenters. The van der Waals surface area contributed by atoms with E-state index in [2.05, 4.69) is 16.3 Å². The van der Waals surface area contributed by atoms with Crippen LogP contribution in [0.2, 0.25) is 0 Å². The average Bonchev–Trinajstić information content (AvgIpc) is 3.47. The first-order valence-corrected chi connectivity index (χ1v) is 11.3. The zero-order chi connectivity index (χ0) is 21.8. The Morgan fingerprint density at radius 3 is 2.52 bits per heavy atom. The van der Waals surface area contributed by atoms with Gasteiger partial charge in [0.25, 0.3) is 5.91 Å². The summed E-state index contributed by atoms with van der Waals surface area (Å²) in [6, 6.07) is 11.5. The van der Waals surface area contributed by atoms with Gasteiger partial charge in [-0.25, -0.2) is 0 Å². The van der Waals surface area contributed by atoms with Gasteiger partial charge in [-0.15, -0.1) is 10.2 Å². The van der Waals surface area contributed by atoms with Gasteiger partial charge in [0.15, 0.2) is 16.7 Å². The molecule has 162 valence electrons. The second kappa shape index (κ2) is 9.38. The summed E-state index contributed by atoms with van der Waals surface area (Å²) in [6.07, 6.45) is 1.49. The lowest BCUT2D eigenvalue weighted by Crippen LogP contribution is -2.51. The number of amides is 2. The smallest absolute Gasteiger partial charge is 0.289 e. The number of nitrogens with zero attached hydrogens (tertiary/aromatic N) is 5. The molecular formula is C22H25N5O3S. The summed E-state index contributed by atoms with van der Waals surface area (Å²) in [5.74, 6) is 1.34. The molecule has 0 saturated carbocycles. The lowest BCUT2D eigenvalue weighted by molar-refractivity contribution is -0.129. The molecule has 2 amide bonds. The number of rotatable bonds is 6. The Morgan fingerprint density at radius 1 is 1.06 bits per heavy atom. The summed E-state index contributed by atoms with van der Waals surface area (Å²) in [6.45, 7) is 6.84. The average molecular weight is 440 g/mol. The number of piperazine rings is 1. The monoisotopic (exact) mass is 439 g/mol. The van der Waals surface area contributed by atoms with Crippen molar-refractivity contribution >= 4 is 23.6 Å². The quantitative estimate of drug-likeness (QED) is 0.549. The highest BCUT2D eigenvalue weighted by atomic mass is 32.2. The Bertz CT molecular complexity index is 1060. The zero-order valence-electron chi connectivity index (χ0n) is 17.7. The Morgan fingerprint density at radius 2 is 1.84 bits per heavy atom. The number of benzene rings is 1. The van der Waals surface area contributed by atoms with Crippen LogP contribution < -0.4 is 0 Å². The van der Waals surface area contributed by atoms with Crippen molar-refractivity contribution in [3.63, 3.8) is 0 Å². The predicted octanol–water partition coefficient (Wildman–Crippen LogP) is 2.94. The molecule has 31 heavy (non-hydrogen) atoms. The van der Waals surface area contributed by atoms with E-state index >= 15 is 0 Å². The van der Waals surface area contributed by atoms with E-state index in [1.807, 2.05) is 36.6 Å². The number of carbonyl (C=O) groups is 2. The van der Waals surface area contributed by atoms with Crippen LogP contribution in [0.15, 0.2) is 52.2 Å². The minimum Gasteiger partial charge on any atom is -0.459 e. The standard InChI is InChI=1S/C22H25N5O3S/c1-3-27-20(17-7-4-6-16(2)14-17)23-24-22(27)31-15-19(28)25-9-11-26(12-10-25)21(29)18-8-5-13-30-18/h4-8,13-14H,3,9-12,15H2,1-2H3. The Balaban J connectivity index is 1.34. The summed E-state index contributed by atoms with van der Waals surface area (Å²) >= 11 is 1.40. The fourth-order valence-corrected chi connectivity index (χ4v) is 4.52. The van der Waals surface area contributed by atoms with Gasteiger partial charge in [-0.05, 0) is 32.0 Å². The number of hydrogen-bond acceptors (Lipinski definition) is 6. The van der Waals surface area contributed by atoms with Crippen LogP contribution in [-0.4, -0.2) is 68.3 Å². The van der Waals surface area contributed by atoms with Crippen LogP contribution in [-0.2, 0) is 11.3 Å². The van der Waals surface area contributed by atoms with E-state index in [0.29, 0.717) is 31.9 Å². The van der Waals surface area contributed by atoms with E-state index in [0.717, 1.165) is 28.7 Å². The summed E-state index contributed by atoms with van der Waals surface area (Å²) in [4.78, 5) is 28.6. The molecule has 9 heteroatoms. The fourth-order valence-electron chi connectivity index (χ4n) is 3.61. The van der Waals surface area contributed by atoms with Crippen LogP contribution in [0.1, 0.15) is 23.0 Å². The molecule has 0 bridgehead atoms. The second-order valence-electron chi connectivity index (χ2n) is 7.36. The molecule has 1 aliphatic rings. The SMILES string of the molecule is CCn1c(SCC(=O)N2CCN(C(=O)c3ccco3)CC2)nnc1-c1cccc(C)c1. The van der Waals surface area contributed by atoms with E-state index in [1.54, 1.807) is 21.9 Å². The van der Waals surface area contributed by atoms with Crippen LogP contribution >= 0.6 is 11.8 Å². The van der Waals surface area contributed by atoms with Gasteiger partial charge in [0.1, 0.15) is 0 Å². The molecule has 0 radical (unpaired) electrons. The number of carbonyl (C=O) groups excluding carboxylic acids is 2. The molecule has 1 aromatic carbocycles. The van der Waals surface area contributed by atoms with E-state index in [1.165, 1.54) is 18.0 Å². The van der Waals surface area contributed by atoms with Gasteiger partial charge in [0, 0.05) is 38.3 Å². The molecule has 0 aliphatic carbocycles. The van der Waals surface area contributed by atoms with Crippen molar-refractivity contribution in [1.29, 1.82) is 0 Å². The minimum absolute atomic E-state index is 0.0397. The summed E-state index contributed by atoms with van der Waals surface area (Å²) in [5, 5.41) is 9.41. The fraction of sp³-hybridized carbons (Fsp3) is 0.364. The maximum absolute atomic E-state index is 12.7. The molecule has 4 rings (SSSR count). The highest BCUT2D eigenvalue weighted by molar-refractivity contribution is 7.99.